The highest BCUT2D eigenvalue weighted by molar-refractivity contribution is 5.82. The summed E-state index contributed by atoms with van der Waals surface area (Å²) < 4.78 is 0. The van der Waals surface area contributed by atoms with Crippen LogP contribution < -0.4 is 0 Å². The second kappa shape index (κ2) is 4.32. The molecule has 0 spiro atoms. The molecule has 1 aliphatic carbocycles. The molecule has 0 aromatic heterocycles. The first-order valence-electron chi connectivity index (χ1n) is 4.52. The van der Waals surface area contributed by atoms with Gasteiger partial charge in [-0.3, -0.25) is 4.79 Å². The third-order valence-electron chi connectivity index (χ3n) is 2.25. The maximum atomic E-state index is 11.1. The van der Waals surface area contributed by atoms with Gasteiger partial charge in [-0.05, 0) is 25.7 Å². The van der Waals surface area contributed by atoms with Gasteiger partial charge in [0.1, 0.15) is 5.78 Å². The summed E-state index contributed by atoms with van der Waals surface area (Å²) >= 11 is 0. The van der Waals surface area contributed by atoms with Crippen molar-refractivity contribution < 1.29 is 4.79 Å². The van der Waals surface area contributed by atoms with Crippen LogP contribution in [0.25, 0.3) is 0 Å². The first kappa shape index (κ1) is 8.51. The molecule has 1 nitrogen and oxygen atoms in total. The molecule has 1 rings (SSSR count). The van der Waals surface area contributed by atoms with Gasteiger partial charge in [-0.15, -0.1) is 0 Å². The van der Waals surface area contributed by atoms with Crippen molar-refractivity contribution in [1.82, 2.24) is 0 Å². The van der Waals surface area contributed by atoms with Crippen LogP contribution in [0.5, 0.6) is 0 Å². The minimum atomic E-state index is 0.359. The number of ketones is 1. The van der Waals surface area contributed by atoms with Crippen LogP contribution in [0.3, 0.4) is 0 Å². The summed E-state index contributed by atoms with van der Waals surface area (Å²) in [7, 11) is 0. The van der Waals surface area contributed by atoms with Gasteiger partial charge in [-0.25, -0.2) is 0 Å². The summed E-state index contributed by atoms with van der Waals surface area (Å²) in [6, 6.07) is 0. The standard InChI is InChI=1S/C10H16O/c1-2-3-4-6-9-7-5-8-10(9)11/h3-4,9H,2,5-8H2,1H3/b4-3-/t9-/m1/s1. The van der Waals surface area contributed by atoms with Crippen LogP contribution in [-0.2, 0) is 4.79 Å². The number of hydrogen-bond acceptors (Lipinski definition) is 1. The molecule has 11 heavy (non-hydrogen) atoms. The van der Waals surface area contributed by atoms with Gasteiger partial charge in [-0.1, -0.05) is 19.1 Å². The molecule has 0 radical (unpaired) electrons. The molecule has 0 amide bonds. The largest absolute Gasteiger partial charge is 0.299 e. The van der Waals surface area contributed by atoms with Crippen molar-refractivity contribution in [3.8, 4) is 0 Å². The van der Waals surface area contributed by atoms with Crippen LogP contribution in [0, 0.1) is 5.92 Å². The van der Waals surface area contributed by atoms with Crippen molar-refractivity contribution in [1.29, 1.82) is 0 Å². The van der Waals surface area contributed by atoms with E-state index in [0.29, 0.717) is 11.7 Å². The van der Waals surface area contributed by atoms with Crippen LogP contribution >= 0.6 is 0 Å². The molecule has 1 saturated carbocycles. The summed E-state index contributed by atoms with van der Waals surface area (Å²) in [5.41, 5.74) is 0. The predicted octanol–water partition coefficient (Wildman–Crippen LogP) is 2.71. The first-order chi connectivity index (χ1) is 5.34. The summed E-state index contributed by atoms with van der Waals surface area (Å²) in [5.74, 6) is 0.837. The molecule has 0 saturated heterocycles. The zero-order valence-corrected chi connectivity index (χ0v) is 7.18. The number of carbonyl (C=O) groups is 1. The topological polar surface area (TPSA) is 17.1 Å². The van der Waals surface area contributed by atoms with Crippen molar-refractivity contribution in [2.75, 3.05) is 0 Å². The Hall–Kier alpha value is -0.590. The molecule has 1 atom stereocenters. The van der Waals surface area contributed by atoms with E-state index < -0.39 is 0 Å². The number of rotatable bonds is 3. The van der Waals surface area contributed by atoms with Gasteiger partial charge in [-0.2, -0.15) is 0 Å². The highest BCUT2D eigenvalue weighted by atomic mass is 16.1. The van der Waals surface area contributed by atoms with Gasteiger partial charge in [0.2, 0.25) is 0 Å². The molecule has 0 unspecified atom stereocenters. The molecule has 1 aliphatic rings. The lowest BCUT2D eigenvalue weighted by Crippen LogP contribution is -2.03. The van der Waals surface area contributed by atoms with E-state index in [1.165, 1.54) is 0 Å². The average Bonchev–Trinajstić information content (AvgIpc) is 2.37. The Morgan fingerprint density at radius 1 is 1.55 bits per heavy atom. The maximum absolute atomic E-state index is 11.1. The van der Waals surface area contributed by atoms with E-state index in [1.807, 2.05) is 0 Å². The van der Waals surface area contributed by atoms with Gasteiger partial charge < -0.3 is 0 Å². The Bertz CT molecular complexity index is 158. The van der Waals surface area contributed by atoms with Gasteiger partial charge in [0.25, 0.3) is 0 Å². The quantitative estimate of drug-likeness (QED) is 0.568. The van der Waals surface area contributed by atoms with Crippen molar-refractivity contribution in [2.24, 2.45) is 5.92 Å². The molecular weight excluding hydrogens is 136 g/mol. The fourth-order valence-corrected chi connectivity index (χ4v) is 1.56. The third-order valence-corrected chi connectivity index (χ3v) is 2.25. The van der Waals surface area contributed by atoms with Crippen LogP contribution in [0.4, 0.5) is 0 Å². The molecule has 0 aromatic carbocycles. The highest BCUT2D eigenvalue weighted by Gasteiger charge is 2.22. The van der Waals surface area contributed by atoms with E-state index in [0.717, 1.165) is 32.1 Å². The van der Waals surface area contributed by atoms with E-state index in [-0.39, 0.29) is 0 Å². The fraction of sp³-hybridized carbons (Fsp3) is 0.700. The summed E-state index contributed by atoms with van der Waals surface area (Å²) in [4.78, 5) is 11.1. The zero-order chi connectivity index (χ0) is 8.10. The van der Waals surface area contributed by atoms with E-state index in [9.17, 15) is 4.79 Å². The SMILES string of the molecule is CC/C=C\C[C@@H]1CCCC1=O. The lowest BCUT2D eigenvalue weighted by atomic mass is 10.0. The predicted molar refractivity (Wildman–Crippen MR) is 46.4 cm³/mol. The number of allylic oxidation sites excluding steroid dienone is 2. The normalized spacial score (nSPS) is 25.2. The number of hydrogen-bond donors (Lipinski definition) is 0. The molecule has 0 bridgehead atoms. The Morgan fingerprint density at radius 3 is 2.91 bits per heavy atom. The Balaban J connectivity index is 2.25. The molecule has 1 fully saturated rings. The second-order valence-electron chi connectivity index (χ2n) is 3.17. The van der Waals surface area contributed by atoms with Crippen molar-refractivity contribution >= 4 is 5.78 Å². The van der Waals surface area contributed by atoms with Crippen molar-refractivity contribution in [3.63, 3.8) is 0 Å². The zero-order valence-electron chi connectivity index (χ0n) is 7.18. The van der Waals surface area contributed by atoms with Crippen LogP contribution in [0.15, 0.2) is 12.2 Å². The van der Waals surface area contributed by atoms with E-state index in [1.54, 1.807) is 0 Å². The molecule has 0 aromatic rings. The molecule has 0 aliphatic heterocycles. The smallest absolute Gasteiger partial charge is 0.136 e. The van der Waals surface area contributed by atoms with E-state index in [2.05, 4.69) is 19.1 Å². The highest BCUT2D eigenvalue weighted by Crippen LogP contribution is 2.24. The fourth-order valence-electron chi connectivity index (χ4n) is 1.56. The second-order valence-corrected chi connectivity index (χ2v) is 3.17. The minimum Gasteiger partial charge on any atom is -0.299 e. The molecule has 1 heteroatoms. The van der Waals surface area contributed by atoms with Crippen molar-refractivity contribution in [2.45, 2.75) is 39.0 Å². The molecule has 0 N–H and O–H groups in total. The molecule has 62 valence electrons. The molecule has 0 heterocycles. The third kappa shape index (κ3) is 2.49. The van der Waals surface area contributed by atoms with Crippen molar-refractivity contribution in [3.05, 3.63) is 12.2 Å². The lowest BCUT2D eigenvalue weighted by Gasteiger charge is -2.01. The molecular formula is C10H16O. The van der Waals surface area contributed by atoms with Crippen LogP contribution in [0.2, 0.25) is 0 Å². The van der Waals surface area contributed by atoms with Crippen LogP contribution in [0.1, 0.15) is 39.0 Å². The minimum absolute atomic E-state index is 0.359. The summed E-state index contributed by atoms with van der Waals surface area (Å²) in [6.07, 6.45) is 9.41. The Kier molecular flexibility index (Phi) is 3.34. The van der Waals surface area contributed by atoms with E-state index in [4.69, 9.17) is 0 Å². The number of carbonyl (C=O) groups excluding carboxylic acids is 1. The monoisotopic (exact) mass is 152 g/mol. The first-order valence-corrected chi connectivity index (χ1v) is 4.52. The summed E-state index contributed by atoms with van der Waals surface area (Å²) in [5, 5.41) is 0. The van der Waals surface area contributed by atoms with Gasteiger partial charge >= 0.3 is 0 Å². The summed E-state index contributed by atoms with van der Waals surface area (Å²) in [6.45, 7) is 2.12. The maximum Gasteiger partial charge on any atom is 0.136 e. The van der Waals surface area contributed by atoms with Gasteiger partial charge in [0, 0.05) is 12.3 Å². The van der Waals surface area contributed by atoms with E-state index >= 15 is 0 Å². The van der Waals surface area contributed by atoms with Crippen LogP contribution in [-0.4, -0.2) is 5.78 Å². The Labute approximate surface area is 68.5 Å². The Morgan fingerprint density at radius 2 is 2.36 bits per heavy atom. The number of Topliss-reactive ketones (excluding diaryl/α,β-unsaturated/α-hetero) is 1. The van der Waals surface area contributed by atoms with Gasteiger partial charge in [0.15, 0.2) is 0 Å². The lowest BCUT2D eigenvalue weighted by molar-refractivity contribution is -0.120. The van der Waals surface area contributed by atoms with Gasteiger partial charge in [0.05, 0.1) is 0 Å². The average molecular weight is 152 g/mol.